The number of nitrogens with two attached hydrogens (primary N) is 2. The molecule has 8 heteroatoms. The Morgan fingerprint density at radius 1 is 1.21 bits per heavy atom. The van der Waals surface area contributed by atoms with E-state index in [-0.39, 0.29) is 12.1 Å². The van der Waals surface area contributed by atoms with Crippen LogP contribution in [-0.2, 0) is 9.59 Å². The first-order valence-corrected chi connectivity index (χ1v) is 5.13. The number of amides is 2. The summed E-state index contributed by atoms with van der Waals surface area (Å²) >= 11 is 0. The van der Waals surface area contributed by atoms with Gasteiger partial charge >= 0.3 is 5.97 Å². The lowest BCUT2D eigenvalue weighted by Crippen LogP contribution is -2.20. The SMILES string of the molecule is NC(=O)c1ccccc1NC(=O)CO.NCC(=O)O. The second kappa shape index (κ2) is 8.61. The number of rotatable bonds is 4. The number of hydrogen-bond acceptors (Lipinski definition) is 5. The predicted molar refractivity (Wildman–Crippen MR) is 67.4 cm³/mol. The molecule has 0 aliphatic rings. The van der Waals surface area contributed by atoms with Gasteiger partial charge in [-0.1, -0.05) is 12.1 Å². The second-order valence-corrected chi connectivity index (χ2v) is 3.21. The molecule has 0 saturated carbocycles. The second-order valence-electron chi connectivity index (χ2n) is 3.21. The van der Waals surface area contributed by atoms with Gasteiger partial charge in [-0.2, -0.15) is 0 Å². The van der Waals surface area contributed by atoms with E-state index in [1.54, 1.807) is 12.1 Å². The van der Waals surface area contributed by atoms with Crippen molar-refractivity contribution in [3.05, 3.63) is 29.8 Å². The Morgan fingerprint density at radius 3 is 2.16 bits per heavy atom. The average Bonchev–Trinajstić information content (AvgIpc) is 2.39. The van der Waals surface area contributed by atoms with Crippen LogP contribution in [0, 0.1) is 0 Å². The minimum absolute atomic E-state index is 0.217. The third-order valence-electron chi connectivity index (χ3n) is 1.78. The number of benzene rings is 1. The van der Waals surface area contributed by atoms with Gasteiger partial charge in [0.1, 0.15) is 6.61 Å². The number of aliphatic hydroxyl groups is 1. The highest BCUT2D eigenvalue weighted by molar-refractivity contribution is 6.03. The third-order valence-corrected chi connectivity index (χ3v) is 1.78. The van der Waals surface area contributed by atoms with E-state index in [4.69, 9.17) is 15.9 Å². The first-order chi connectivity index (χ1) is 8.92. The Morgan fingerprint density at radius 2 is 1.74 bits per heavy atom. The van der Waals surface area contributed by atoms with Crippen LogP contribution in [0.3, 0.4) is 0 Å². The van der Waals surface area contributed by atoms with Crippen LogP contribution in [0.2, 0.25) is 0 Å². The molecular formula is C11H15N3O5. The Hall–Kier alpha value is -2.45. The average molecular weight is 269 g/mol. The molecule has 1 aromatic carbocycles. The van der Waals surface area contributed by atoms with Gasteiger partial charge in [0.2, 0.25) is 5.91 Å². The van der Waals surface area contributed by atoms with Crippen molar-refractivity contribution in [1.29, 1.82) is 0 Å². The van der Waals surface area contributed by atoms with Crippen LogP contribution < -0.4 is 16.8 Å². The summed E-state index contributed by atoms with van der Waals surface area (Å²) in [6, 6.07) is 6.32. The zero-order valence-corrected chi connectivity index (χ0v) is 10.00. The number of para-hydroxylation sites is 1. The van der Waals surface area contributed by atoms with Crippen molar-refractivity contribution < 1.29 is 24.6 Å². The molecule has 0 unspecified atom stereocenters. The first-order valence-electron chi connectivity index (χ1n) is 5.13. The smallest absolute Gasteiger partial charge is 0.317 e. The summed E-state index contributed by atoms with van der Waals surface area (Å²) in [5.74, 6) is -2.18. The van der Waals surface area contributed by atoms with Crippen molar-refractivity contribution in [2.75, 3.05) is 18.5 Å². The molecule has 104 valence electrons. The maximum Gasteiger partial charge on any atom is 0.317 e. The number of anilines is 1. The van der Waals surface area contributed by atoms with Gasteiger partial charge < -0.3 is 27.0 Å². The summed E-state index contributed by atoms with van der Waals surface area (Å²) in [7, 11) is 0. The fraction of sp³-hybridized carbons (Fsp3) is 0.182. The van der Waals surface area contributed by atoms with Crippen molar-refractivity contribution in [3.8, 4) is 0 Å². The van der Waals surface area contributed by atoms with Crippen LogP contribution >= 0.6 is 0 Å². The number of primary amides is 1. The molecule has 0 heterocycles. The third kappa shape index (κ3) is 6.76. The molecule has 0 spiro atoms. The van der Waals surface area contributed by atoms with Crippen LogP contribution in [0.15, 0.2) is 24.3 Å². The molecule has 19 heavy (non-hydrogen) atoms. The number of carbonyl (C=O) groups is 3. The van der Waals surface area contributed by atoms with Crippen LogP contribution in [0.4, 0.5) is 5.69 Å². The van der Waals surface area contributed by atoms with E-state index in [0.29, 0.717) is 5.69 Å². The molecule has 0 aliphatic heterocycles. The number of nitrogens with one attached hydrogen (secondary N) is 1. The Labute approximate surface area is 109 Å². The molecule has 0 aliphatic carbocycles. The summed E-state index contributed by atoms with van der Waals surface area (Å²) in [5, 5.41) is 18.4. The lowest BCUT2D eigenvalue weighted by molar-refractivity contribution is -0.135. The molecule has 1 aromatic rings. The maximum absolute atomic E-state index is 10.9. The standard InChI is InChI=1S/C9H10N2O3.C2H5NO2/c10-9(14)6-3-1-2-4-7(6)11-8(13)5-12;3-1-2(4)5/h1-4,12H,5H2,(H2,10,14)(H,11,13);1,3H2,(H,4,5). The lowest BCUT2D eigenvalue weighted by atomic mass is 10.1. The molecule has 0 saturated heterocycles. The van der Waals surface area contributed by atoms with Crippen molar-refractivity contribution in [3.63, 3.8) is 0 Å². The van der Waals surface area contributed by atoms with Crippen molar-refractivity contribution in [2.24, 2.45) is 11.5 Å². The van der Waals surface area contributed by atoms with E-state index in [9.17, 15) is 14.4 Å². The molecule has 0 fully saturated rings. The first kappa shape index (κ1) is 16.6. The fourth-order valence-corrected chi connectivity index (χ4v) is 0.997. The fourth-order valence-electron chi connectivity index (χ4n) is 0.997. The highest BCUT2D eigenvalue weighted by Gasteiger charge is 2.08. The minimum atomic E-state index is -0.968. The van der Waals surface area contributed by atoms with E-state index < -0.39 is 24.4 Å². The van der Waals surface area contributed by atoms with Crippen LogP contribution in [-0.4, -0.2) is 41.1 Å². The van der Waals surface area contributed by atoms with Crippen molar-refractivity contribution >= 4 is 23.5 Å². The van der Waals surface area contributed by atoms with Crippen molar-refractivity contribution in [2.45, 2.75) is 0 Å². The number of aliphatic hydroxyl groups excluding tert-OH is 1. The number of carboxylic acids is 1. The normalized spacial score (nSPS) is 8.95. The number of aliphatic carboxylic acids is 1. The Bertz CT molecular complexity index is 461. The summed E-state index contributed by atoms with van der Waals surface area (Å²) < 4.78 is 0. The summed E-state index contributed by atoms with van der Waals surface area (Å²) in [4.78, 5) is 31.0. The van der Waals surface area contributed by atoms with E-state index in [1.165, 1.54) is 12.1 Å². The highest BCUT2D eigenvalue weighted by atomic mass is 16.4. The highest BCUT2D eigenvalue weighted by Crippen LogP contribution is 2.13. The summed E-state index contributed by atoms with van der Waals surface area (Å²) in [6.45, 7) is -0.910. The van der Waals surface area contributed by atoms with Crippen LogP contribution in [0.5, 0.6) is 0 Å². The van der Waals surface area contributed by atoms with Gasteiger partial charge in [-0.25, -0.2) is 0 Å². The molecule has 2 amide bonds. The van der Waals surface area contributed by atoms with Gasteiger partial charge in [0, 0.05) is 0 Å². The molecule has 0 bridgehead atoms. The Kier molecular flexibility index (Phi) is 7.50. The van der Waals surface area contributed by atoms with Gasteiger partial charge in [0.25, 0.3) is 5.91 Å². The molecule has 1 rings (SSSR count). The van der Waals surface area contributed by atoms with Crippen LogP contribution in [0.25, 0.3) is 0 Å². The molecular weight excluding hydrogens is 254 g/mol. The van der Waals surface area contributed by atoms with Crippen LogP contribution in [0.1, 0.15) is 10.4 Å². The zero-order valence-electron chi connectivity index (χ0n) is 10.00. The molecule has 0 atom stereocenters. The number of hydrogen-bond donors (Lipinski definition) is 5. The van der Waals surface area contributed by atoms with Gasteiger partial charge in [-0.3, -0.25) is 14.4 Å². The lowest BCUT2D eigenvalue weighted by Gasteiger charge is -2.06. The predicted octanol–water partition coefficient (Wildman–Crippen LogP) is -1.25. The van der Waals surface area contributed by atoms with Gasteiger partial charge in [0.05, 0.1) is 17.8 Å². The largest absolute Gasteiger partial charge is 0.480 e. The number of carbonyl (C=O) groups excluding carboxylic acids is 2. The molecule has 8 nitrogen and oxygen atoms in total. The number of carboxylic acid groups (broad SMARTS) is 1. The topological polar surface area (TPSA) is 156 Å². The van der Waals surface area contributed by atoms with Gasteiger partial charge in [-0.05, 0) is 12.1 Å². The quantitative estimate of drug-likeness (QED) is 0.459. The molecule has 0 radical (unpaired) electrons. The molecule has 0 aromatic heterocycles. The van der Waals surface area contributed by atoms with E-state index in [1.807, 2.05) is 0 Å². The maximum atomic E-state index is 10.9. The summed E-state index contributed by atoms with van der Waals surface area (Å²) in [6.07, 6.45) is 0. The van der Waals surface area contributed by atoms with E-state index in [2.05, 4.69) is 11.1 Å². The summed E-state index contributed by atoms with van der Waals surface area (Å²) in [5.41, 5.74) is 10.2. The minimum Gasteiger partial charge on any atom is -0.480 e. The van der Waals surface area contributed by atoms with E-state index in [0.717, 1.165) is 0 Å². The van der Waals surface area contributed by atoms with Gasteiger partial charge in [0.15, 0.2) is 0 Å². The monoisotopic (exact) mass is 269 g/mol. The molecule has 7 N–H and O–H groups in total. The zero-order chi connectivity index (χ0) is 14.8. The van der Waals surface area contributed by atoms with E-state index >= 15 is 0 Å². The van der Waals surface area contributed by atoms with Gasteiger partial charge in [-0.15, -0.1) is 0 Å². The Balaban J connectivity index is 0.000000555. The van der Waals surface area contributed by atoms with Crippen molar-refractivity contribution in [1.82, 2.24) is 0 Å².